The van der Waals surface area contributed by atoms with Crippen molar-refractivity contribution in [3.63, 3.8) is 0 Å². The SMILES string of the molecule is CC(C)(C)NC1CCOc2cc(Br)ccc21. The highest BCUT2D eigenvalue weighted by atomic mass is 79.9. The third kappa shape index (κ3) is 2.77. The topological polar surface area (TPSA) is 21.3 Å². The molecule has 1 aromatic rings. The van der Waals surface area contributed by atoms with Gasteiger partial charge >= 0.3 is 0 Å². The van der Waals surface area contributed by atoms with Crippen LogP contribution in [0, 0.1) is 0 Å². The second-order valence-corrected chi connectivity index (χ2v) is 6.18. The molecule has 1 N–H and O–H groups in total. The molecule has 2 nitrogen and oxygen atoms in total. The first kappa shape index (κ1) is 11.9. The second kappa shape index (κ2) is 4.38. The van der Waals surface area contributed by atoms with Crippen LogP contribution in [0.3, 0.4) is 0 Å². The lowest BCUT2D eigenvalue weighted by molar-refractivity contribution is 0.231. The number of benzene rings is 1. The number of ether oxygens (including phenoxy) is 1. The standard InChI is InChI=1S/C13H18BrNO/c1-13(2,3)15-11-6-7-16-12-8-9(14)4-5-10(11)12/h4-5,8,11,15H,6-7H2,1-3H3. The van der Waals surface area contributed by atoms with Crippen molar-refractivity contribution in [1.29, 1.82) is 0 Å². The molecule has 1 heterocycles. The van der Waals surface area contributed by atoms with E-state index in [-0.39, 0.29) is 5.54 Å². The molecule has 0 amide bonds. The minimum Gasteiger partial charge on any atom is -0.493 e. The van der Waals surface area contributed by atoms with Gasteiger partial charge in [0.1, 0.15) is 5.75 Å². The van der Waals surface area contributed by atoms with Gasteiger partial charge in [-0.05, 0) is 32.9 Å². The summed E-state index contributed by atoms with van der Waals surface area (Å²) in [5, 5.41) is 3.64. The molecular weight excluding hydrogens is 266 g/mol. The van der Waals surface area contributed by atoms with Crippen LogP contribution in [0.15, 0.2) is 22.7 Å². The Labute approximate surface area is 106 Å². The Balaban J connectivity index is 2.26. The summed E-state index contributed by atoms with van der Waals surface area (Å²) in [6, 6.07) is 6.66. The first-order valence-corrected chi connectivity index (χ1v) is 6.45. The van der Waals surface area contributed by atoms with E-state index in [9.17, 15) is 0 Å². The van der Waals surface area contributed by atoms with Gasteiger partial charge < -0.3 is 10.1 Å². The molecule has 0 radical (unpaired) electrons. The highest BCUT2D eigenvalue weighted by Gasteiger charge is 2.25. The molecular formula is C13H18BrNO. The lowest BCUT2D eigenvalue weighted by Crippen LogP contribution is -2.40. The fourth-order valence-electron chi connectivity index (χ4n) is 2.04. The zero-order valence-electron chi connectivity index (χ0n) is 10.0. The van der Waals surface area contributed by atoms with Gasteiger partial charge in [-0.3, -0.25) is 0 Å². The maximum atomic E-state index is 5.68. The van der Waals surface area contributed by atoms with Gasteiger partial charge in [0.2, 0.25) is 0 Å². The van der Waals surface area contributed by atoms with E-state index in [1.54, 1.807) is 0 Å². The van der Waals surface area contributed by atoms with E-state index in [0.29, 0.717) is 6.04 Å². The number of nitrogens with one attached hydrogen (secondary N) is 1. The van der Waals surface area contributed by atoms with E-state index in [0.717, 1.165) is 23.2 Å². The summed E-state index contributed by atoms with van der Waals surface area (Å²) in [5.74, 6) is 1.00. The third-order valence-electron chi connectivity index (χ3n) is 2.62. The Kier molecular flexibility index (Phi) is 3.27. The van der Waals surface area contributed by atoms with Crippen molar-refractivity contribution in [1.82, 2.24) is 5.32 Å². The fourth-order valence-corrected chi connectivity index (χ4v) is 2.38. The van der Waals surface area contributed by atoms with Crippen LogP contribution in [-0.2, 0) is 0 Å². The normalized spacial score (nSPS) is 20.1. The van der Waals surface area contributed by atoms with Gasteiger partial charge in [-0.25, -0.2) is 0 Å². The monoisotopic (exact) mass is 283 g/mol. The van der Waals surface area contributed by atoms with Gasteiger partial charge in [0.15, 0.2) is 0 Å². The van der Waals surface area contributed by atoms with E-state index >= 15 is 0 Å². The Bertz CT molecular complexity index is 384. The van der Waals surface area contributed by atoms with Gasteiger partial charge in [-0.2, -0.15) is 0 Å². The largest absolute Gasteiger partial charge is 0.493 e. The van der Waals surface area contributed by atoms with Crippen LogP contribution in [0.2, 0.25) is 0 Å². The quantitative estimate of drug-likeness (QED) is 0.849. The smallest absolute Gasteiger partial charge is 0.125 e. The molecule has 1 atom stereocenters. The van der Waals surface area contributed by atoms with Crippen molar-refractivity contribution in [3.8, 4) is 5.75 Å². The second-order valence-electron chi connectivity index (χ2n) is 5.27. The molecule has 0 aliphatic carbocycles. The third-order valence-corrected chi connectivity index (χ3v) is 3.12. The summed E-state index contributed by atoms with van der Waals surface area (Å²) in [4.78, 5) is 0. The average Bonchev–Trinajstić information content (AvgIpc) is 2.15. The van der Waals surface area contributed by atoms with Gasteiger partial charge in [-0.15, -0.1) is 0 Å². The maximum Gasteiger partial charge on any atom is 0.125 e. The molecule has 0 aromatic heterocycles. The van der Waals surface area contributed by atoms with Crippen LogP contribution < -0.4 is 10.1 Å². The first-order chi connectivity index (χ1) is 7.46. The molecule has 16 heavy (non-hydrogen) atoms. The Hall–Kier alpha value is -0.540. The zero-order chi connectivity index (χ0) is 11.8. The zero-order valence-corrected chi connectivity index (χ0v) is 11.6. The predicted molar refractivity (Wildman–Crippen MR) is 69.9 cm³/mol. The summed E-state index contributed by atoms with van der Waals surface area (Å²) < 4.78 is 6.75. The van der Waals surface area contributed by atoms with Crippen molar-refractivity contribution in [2.45, 2.75) is 38.8 Å². The van der Waals surface area contributed by atoms with Crippen LogP contribution in [0.25, 0.3) is 0 Å². The van der Waals surface area contributed by atoms with Crippen molar-refractivity contribution >= 4 is 15.9 Å². The molecule has 1 unspecified atom stereocenters. The summed E-state index contributed by atoms with van der Waals surface area (Å²) in [7, 11) is 0. The van der Waals surface area contributed by atoms with Crippen LogP contribution in [0.5, 0.6) is 5.75 Å². The molecule has 2 rings (SSSR count). The first-order valence-electron chi connectivity index (χ1n) is 5.66. The maximum absolute atomic E-state index is 5.68. The minimum atomic E-state index is 0.131. The van der Waals surface area contributed by atoms with Gasteiger partial charge in [0.25, 0.3) is 0 Å². The fraction of sp³-hybridized carbons (Fsp3) is 0.538. The van der Waals surface area contributed by atoms with Crippen molar-refractivity contribution < 1.29 is 4.74 Å². The number of hydrogen-bond donors (Lipinski definition) is 1. The highest BCUT2D eigenvalue weighted by Crippen LogP contribution is 2.35. The van der Waals surface area contributed by atoms with E-state index in [1.165, 1.54) is 5.56 Å². The molecule has 1 aliphatic rings. The summed E-state index contributed by atoms with van der Waals surface area (Å²) in [5.41, 5.74) is 1.40. The van der Waals surface area contributed by atoms with Crippen molar-refractivity contribution in [3.05, 3.63) is 28.2 Å². The van der Waals surface area contributed by atoms with Gasteiger partial charge in [-0.1, -0.05) is 22.0 Å². The van der Waals surface area contributed by atoms with Crippen LogP contribution in [0.4, 0.5) is 0 Å². The average molecular weight is 284 g/mol. The number of hydrogen-bond acceptors (Lipinski definition) is 2. The van der Waals surface area contributed by atoms with Crippen molar-refractivity contribution in [2.75, 3.05) is 6.61 Å². The highest BCUT2D eigenvalue weighted by molar-refractivity contribution is 9.10. The molecule has 0 spiro atoms. The van der Waals surface area contributed by atoms with Crippen LogP contribution >= 0.6 is 15.9 Å². The molecule has 0 bridgehead atoms. The van der Waals surface area contributed by atoms with Crippen LogP contribution in [-0.4, -0.2) is 12.1 Å². The van der Waals surface area contributed by atoms with E-state index < -0.39 is 0 Å². The molecule has 88 valence electrons. The molecule has 0 saturated carbocycles. The lowest BCUT2D eigenvalue weighted by atomic mass is 9.97. The van der Waals surface area contributed by atoms with Gasteiger partial charge in [0, 0.05) is 28.0 Å². The summed E-state index contributed by atoms with van der Waals surface area (Å²) in [6.07, 6.45) is 1.03. The van der Waals surface area contributed by atoms with Crippen molar-refractivity contribution in [2.24, 2.45) is 0 Å². The lowest BCUT2D eigenvalue weighted by Gasteiger charge is -2.33. The molecule has 1 aromatic carbocycles. The summed E-state index contributed by atoms with van der Waals surface area (Å²) >= 11 is 3.47. The number of halogens is 1. The molecule has 1 aliphatic heterocycles. The molecule has 0 fully saturated rings. The van der Waals surface area contributed by atoms with Crippen LogP contribution in [0.1, 0.15) is 38.8 Å². The van der Waals surface area contributed by atoms with E-state index in [2.05, 4.69) is 54.2 Å². The number of fused-ring (bicyclic) bond motifs is 1. The Morgan fingerprint density at radius 1 is 1.38 bits per heavy atom. The predicted octanol–water partition coefficient (Wildman–Crippen LogP) is 3.66. The minimum absolute atomic E-state index is 0.131. The Morgan fingerprint density at radius 2 is 2.12 bits per heavy atom. The number of rotatable bonds is 1. The van der Waals surface area contributed by atoms with Gasteiger partial charge in [0.05, 0.1) is 6.61 Å². The molecule has 0 saturated heterocycles. The van der Waals surface area contributed by atoms with E-state index in [1.807, 2.05) is 6.07 Å². The molecule has 3 heteroatoms. The van der Waals surface area contributed by atoms with E-state index in [4.69, 9.17) is 4.74 Å². The summed E-state index contributed by atoms with van der Waals surface area (Å²) in [6.45, 7) is 7.38. The Morgan fingerprint density at radius 3 is 2.81 bits per heavy atom.